The SMILES string of the molecule is Nc1c(Nc2ccc(Oc3ccccc3)cc2)ncnc1N1CCN(C(c2ccccc2)c2ccccc2)CC1. The Bertz CT molecular complexity index is 1470. The van der Waals surface area contributed by atoms with Gasteiger partial charge in [-0.15, -0.1) is 0 Å². The lowest BCUT2D eigenvalue weighted by molar-refractivity contribution is 0.212. The van der Waals surface area contributed by atoms with Gasteiger partial charge in [-0.3, -0.25) is 4.90 Å². The van der Waals surface area contributed by atoms with Crippen LogP contribution in [0.25, 0.3) is 0 Å². The van der Waals surface area contributed by atoms with E-state index in [2.05, 4.69) is 85.7 Å². The van der Waals surface area contributed by atoms with Gasteiger partial charge in [0.15, 0.2) is 11.6 Å². The first kappa shape index (κ1) is 25.4. The largest absolute Gasteiger partial charge is 0.457 e. The first-order chi connectivity index (χ1) is 19.7. The van der Waals surface area contributed by atoms with E-state index in [4.69, 9.17) is 10.5 Å². The molecule has 0 amide bonds. The van der Waals surface area contributed by atoms with Crippen LogP contribution in [-0.4, -0.2) is 41.0 Å². The molecular formula is C33H32N6O. The van der Waals surface area contributed by atoms with Crippen LogP contribution in [-0.2, 0) is 0 Å². The van der Waals surface area contributed by atoms with E-state index in [-0.39, 0.29) is 6.04 Å². The molecule has 5 aromatic rings. The number of aromatic nitrogens is 2. The number of nitrogens with one attached hydrogen (secondary N) is 1. The number of hydrogen-bond donors (Lipinski definition) is 2. The second kappa shape index (κ2) is 11.9. The Morgan fingerprint density at radius 3 is 1.80 bits per heavy atom. The van der Waals surface area contributed by atoms with Gasteiger partial charge >= 0.3 is 0 Å². The topological polar surface area (TPSA) is 79.5 Å². The van der Waals surface area contributed by atoms with Gasteiger partial charge in [0.2, 0.25) is 0 Å². The maximum Gasteiger partial charge on any atom is 0.159 e. The zero-order chi connectivity index (χ0) is 27.1. The number of rotatable bonds is 8. The number of ether oxygens (including phenoxy) is 1. The van der Waals surface area contributed by atoms with E-state index < -0.39 is 0 Å². The predicted molar refractivity (Wildman–Crippen MR) is 161 cm³/mol. The van der Waals surface area contributed by atoms with Gasteiger partial charge in [0.05, 0.1) is 6.04 Å². The lowest BCUT2D eigenvalue weighted by Crippen LogP contribution is -2.48. The number of hydrogen-bond acceptors (Lipinski definition) is 7. The van der Waals surface area contributed by atoms with Crippen LogP contribution >= 0.6 is 0 Å². The highest BCUT2D eigenvalue weighted by molar-refractivity contribution is 5.78. The monoisotopic (exact) mass is 528 g/mol. The summed E-state index contributed by atoms with van der Waals surface area (Å²) in [6.45, 7) is 3.43. The summed E-state index contributed by atoms with van der Waals surface area (Å²) in [7, 11) is 0. The molecule has 1 saturated heterocycles. The van der Waals surface area contributed by atoms with Gasteiger partial charge in [-0.25, -0.2) is 9.97 Å². The number of nitrogens with two attached hydrogens (primary N) is 1. The zero-order valence-corrected chi connectivity index (χ0v) is 22.2. The van der Waals surface area contributed by atoms with Gasteiger partial charge in [0, 0.05) is 31.9 Å². The molecule has 0 aliphatic carbocycles. The molecule has 4 aromatic carbocycles. The van der Waals surface area contributed by atoms with Crippen molar-refractivity contribution in [3.05, 3.63) is 133 Å². The quantitative estimate of drug-likeness (QED) is 0.238. The highest BCUT2D eigenvalue weighted by atomic mass is 16.5. The number of piperazine rings is 1. The number of para-hydroxylation sites is 1. The summed E-state index contributed by atoms with van der Waals surface area (Å²) in [5, 5.41) is 3.34. The summed E-state index contributed by atoms with van der Waals surface area (Å²) in [4.78, 5) is 13.8. The maximum absolute atomic E-state index is 6.60. The standard InChI is InChI=1S/C33H32N6O/c34-30-32(37-27-16-18-29(19-17-27)40-28-14-8-3-9-15-28)35-24-36-33(30)39-22-20-38(21-23-39)31(25-10-4-1-5-11-25)26-12-6-2-7-13-26/h1-19,24,31H,20-23,34H2,(H,35,36,37). The van der Waals surface area contributed by atoms with Crippen LogP contribution in [0.2, 0.25) is 0 Å². The van der Waals surface area contributed by atoms with Crippen molar-refractivity contribution in [1.29, 1.82) is 0 Å². The summed E-state index contributed by atoms with van der Waals surface area (Å²) in [5.74, 6) is 2.91. The first-order valence-electron chi connectivity index (χ1n) is 13.5. The molecule has 0 atom stereocenters. The van der Waals surface area contributed by atoms with Crippen molar-refractivity contribution >= 4 is 23.0 Å². The smallest absolute Gasteiger partial charge is 0.159 e. The molecule has 2 heterocycles. The highest BCUT2D eigenvalue weighted by Crippen LogP contribution is 2.33. The van der Waals surface area contributed by atoms with Crippen LogP contribution in [0, 0.1) is 0 Å². The van der Waals surface area contributed by atoms with Crippen molar-refractivity contribution in [3.63, 3.8) is 0 Å². The van der Waals surface area contributed by atoms with E-state index in [0.29, 0.717) is 11.5 Å². The van der Waals surface area contributed by atoms with Gasteiger partial charge < -0.3 is 20.7 Å². The second-order valence-electron chi connectivity index (χ2n) is 9.77. The van der Waals surface area contributed by atoms with E-state index in [9.17, 15) is 0 Å². The van der Waals surface area contributed by atoms with Gasteiger partial charge in [-0.05, 0) is 47.5 Å². The molecular weight excluding hydrogens is 496 g/mol. The molecule has 200 valence electrons. The van der Waals surface area contributed by atoms with Crippen LogP contribution in [0.15, 0.2) is 122 Å². The fourth-order valence-corrected chi connectivity index (χ4v) is 5.18. The number of nitrogen functional groups attached to an aromatic ring is 1. The van der Waals surface area contributed by atoms with Crippen molar-refractivity contribution in [3.8, 4) is 11.5 Å². The molecule has 6 rings (SSSR count). The fourth-order valence-electron chi connectivity index (χ4n) is 5.18. The van der Waals surface area contributed by atoms with Crippen LogP contribution in [0.5, 0.6) is 11.5 Å². The van der Waals surface area contributed by atoms with E-state index in [1.54, 1.807) is 6.33 Å². The summed E-state index contributed by atoms with van der Waals surface area (Å²) in [5.41, 5.74) is 10.6. The van der Waals surface area contributed by atoms with Gasteiger partial charge in [-0.1, -0.05) is 78.9 Å². The molecule has 0 spiro atoms. The summed E-state index contributed by atoms with van der Waals surface area (Å²) in [6, 6.07) is 39.1. The van der Waals surface area contributed by atoms with E-state index >= 15 is 0 Å². The Hall–Kier alpha value is -4.88. The third kappa shape index (κ3) is 5.75. The fraction of sp³-hybridized carbons (Fsp3) is 0.152. The Morgan fingerprint density at radius 2 is 1.20 bits per heavy atom. The number of benzene rings is 4. The van der Waals surface area contributed by atoms with Gasteiger partial charge in [0.25, 0.3) is 0 Å². The van der Waals surface area contributed by atoms with E-state index in [1.165, 1.54) is 11.1 Å². The summed E-state index contributed by atoms with van der Waals surface area (Å²) >= 11 is 0. The molecule has 0 bridgehead atoms. The molecule has 1 aromatic heterocycles. The zero-order valence-electron chi connectivity index (χ0n) is 22.2. The van der Waals surface area contributed by atoms with Crippen LogP contribution in [0.4, 0.5) is 23.0 Å². The van der Waals surface area contributed by atoms with Crippen LogP contribution in [0.3, 0.4) is 0 Å². The third-order valence-electron chi connectivity index (χ3n) is 7.17. The van der Waals surface area contributed by atoms with Gasteiger partial charge in [0.1, 0.15) is 23.5 Å². The molecule has 3 N–H and O–H groups in total. The Morgan fingerprint density at radius 1 is 0.650 bits per heavy atom. The minimum atomic E-state index is 0.207. The lowest BCUT2D eigenvalue weighted by Gasteiger charge is -2.40. The molecule has 40 heavy (non-hydrogen) atoms. The average molecular weight is 529 g/mol. The molecule has 1 aliphatic rings. The minimum absolute atomic E-state index is 0.207. The van der Waals surface area contributed by atoms with Gasteiger partial charge in [-0.2, -0.15) is 0 Å². The maximum atomic E-state index is 6.60. The Kier molecular flexibility index (Phi) is 7.55. The molecule has 1 fully saturated rings. The van der Waals surface area contributed by atoms with E-state index in [0.717, 1.165) is 49.2 Å². The van der Waals surface area contributed by atoms with Crippen molar-refractivity contribution in [2.24, 2.45) is 0 Å². The third-order valence-corrected chi connectivity index (χ3v) is 7.17. The van der Waals surface area contributed by atoms with E-state index in [1.807, 2.05) is 54.6 Å². The molecule has 1 aliphatic heterocycles. The lowest BCUT2D eigenvalue weighted by atomic mass is 9.96. The molecule has 7 heteroatoms. The van der Waals surface area contributed by atoms with Crippen LogP contribution < -0.4 is 20.7 Å². The van der Waals surface area contributed by atoms with Crippen molar-refractivity contribution < 1.29 is 4.74 Å². The van der Waals surface area contributed by atoms with Crippen LogP contribution in [0.1, 0.15) is 17.2 Å². The normalized spacial score (nSPS) is 13.8. The Balaban J connectivity index is 1.14. The van der Waals surface area contributed by atoms with Crippen molar-refractivity contribution in [2.75, 3.05) is 42.1 Å². The Labute approximate surface area is 234 Å². The summed E-state index contributed by atoms with van der Waals surface area (Å²) in [6.07, 6.45) is 1.57. The highest BCUT2D eigenvalue weighted by Gasteiger charge is 2.28. The molecule has 0 saturated carbocycles. The van der Waals surface area contributed by atoms with Crippen molar-refractivity contribution in [1.82, 2.24) is 14.9 Å². The number of nitrogens with zero attached hydrogens (tertiary/aromatic N) is 4. The average Bonchev–Trinajstić information content (AvgIpc) is 3.01. The minimum Gasteiger partial charge on any atom is -0.457 e. The predicted octanol–water partition coefficient (Wildman–Crippen LogP) is 6.51. The summed E-state index contributed by atoms with van der Waals surface area (Å²) < 4.78 is 5.90. The second-order valence-corrected chi connectivity index (χ2v) is 9.77. The first-order valence-corrected chi connectivity index (χ1v) is 13.5. The molecule has 0 radical (unpaired) electrons. The molecule has 7 nitrogen and oxygen atoms in total. The molecule has 0 unspecified atom stereocenters. The van der Waals surface area contributed by atoms with Crippen molar-refractivity contribution in [2.45, 2.75) is 6.04 Å². The number of anilines is 4.